The zero-order valence-electron chi connectivity index (χ0n) is 11.1. The molecule has 1 heterocycles. The van der Waals surface area contributed by atoms with Crippen LogP contribution in [0.25, 0.3) is 0 Å². The lowest BCUT2D eigenvalue weighted by Crippen LogP contribution is -2.52. The van der Waals surface area contributed by atoms with Gasteiger partial charge in [0.25, 0.3) is 0 Å². The molecule has 0 bridgehead atoms. The molecule has 96 valence electrons. The Kier molecular flexibility index (Phi) is 6.32. The molecule has 0 amide bonds. The number of methoxy groups -OCH3 is 1. The quantitative estimate of drug-likeness (QED) is 0.756. The molecule has 1 rings (SSSR count). The second kappa shape index (κ2) is 7.25. The molecule has 0 radical (unpaired) electrons. The first-order chi connectivity index (χ1) is 7.76. The Morgan fingerprint density at radius 3 is 2.69 bits per heavy atom. The number of nitrogens with two attached hydrogens (primary N) is 1. The van der Waals surface area contributed by atoms with Crippen LogP contribution in [0, 0.1) is 0 Å². The number of rotatable bonds is 6. The summed E-state index contributed by atoms with van der Waals surface area (Å²) in [4.78, 5) is 2.62. The minimum atomic E-state index is 0.420. The van der Waals surface area contributed by atoms with E-state index in [1.165, 1.54) is 19.3 Å². The summed E-state index contributed by atoms with van der Waals surface area (Å²) in [5.41, 5.74) is 5.90. The van der Waals surface area contributed by atoms with Gasteiger partial charge >= 0.3 is 0 Å². The Balaban J connectivity index is 2.57. The van der Waals surface area contributed by atoms with Gasteiger partial charge in [-0.15, -0.1) is 0 Å². The molecule has 0 aliphatic carbocycles. The third kappa shape index (κ3) is 3.44. The monoisotopic (exact) mass is 228 g/mol. The molecule has 3 heteroatoms. The normalized spacial score (nSPS) is 29.2. The van der Waals surface area contributed by atoms with E-state index in [4.69, 9.17) is 10.5 Å². The van der Waals surface area contributed by atoms with Crippen molar-refractivity contribution >= 4 is 0 Å². The average molecular weight is 228 g/mol. The Hall–Kier alpha value is -0.120. The van der Waals surface area contributed by atoms with Gasteiger partial charge in [-0.2, -0.15) is 0 Å². The minimum Gasteiger partial charge on any atom is -0.381 e. The summed E-state index contributed by atoms with van der Waals surface area (Å²) in [6.07, 6.45) is 6.48. The van der Waals surface area contributed by atoms with E-state index in [0.717, 1.165) is 32.0 Å². The van der Waals surface area contributed by atoms with Crippen LogP contribution in [0.5, 0.6) is 0 Å². The Bertz CT molecular complexity index is 187. The van der Waals surface area contributed by atoms with Crippen LogP contribution in [0.15, 0.2) is 0 Å². The van der Waals surface area contributed by atoms with Crippen LogP contribution >= 0.6 is 0 Å². The van der Waals surface area contributed by atoms with Gasteiger partial charge < -0.3 is 10.5 Å². The van der Waals surface area contributed by atoms with E-state index in [9.17, 15) is 0 Å². The highest BCUT2D eigenvalue weighted by Gasteiger charge is 2.30. The standard InChI is InChI=1S/C13H28N2O/c1-4-6-11(5-2)15-8-7-13(16-3)9-12(15)10-14/h11-13H,4-10,14H2,1-3H3. The highest BCUT2D eigenvalue weighted by atomic mass is 16.5. The topological polar surface area (TPSA) is 38.5 Å². The minimum absolute atomic E-state index is 0.420. The first kappa shape index (κ1) is 13.9. The van der Waals surface area contributed by atoms with Crippen molar-refractivity contribution in [1.29, 1.82) is 0 Å². The first-order valence-corrected chi connectivity index (χ1v) is 6.75. The van der Waals surface area contributed by atoms with Gasteiger partial charge in [0.1, 0.15) is 0 Å². The van der Waals surface area contributed by atoms with Crippen LogP contribution in [0.2, 0.25) is 0 Å². The Labute approximate surface area is 100 Å². The van der Waals surface area contributed by atoms with Crippen molar-refractivity contribution in [3.05, 3.63) is 0 Å². The molecule has 3 nitrogen and oxygen atoms in total. The van der Waals surface area contributed by atoms with Crippen LogP contribution in [-0.2, 0) is 4.74 Å². The first-order valence-electron chi connectivity index (χ1n) is 6.75. The number of hydrogen-bond acceptors (Lipinski definition) is 3. The predicted octanol–water partition coefficient (Wildman–Crippen LogP) is 2.00. The second-order valence-corrected chi connectivity index (χ2v) is 4.86. The molecule has 0 aromatic carbocycles. The van der Waals surface area contributed by atoms with Gasteiger partial charge in [-0.25, -0.2) is 0 Å². The maximum Gasteiger partial charge on any atom is 0.0599 e. The zero-order valence-corrected chi connectivity index (χ0v) is 11.1. The SMILES string of the molecule is CCCC(CC)N1CCC(OC)CC1CN. The van der Waals surface area contributed by atoms with Crippen LogP contribution < -0.4 is 5.73 Å². The largest absolute Gasteiger partial charge is 0.381 e. The highest BCUT2D eigenvalue weighted by Crippen LogP contribution is 2.24. The van der Waals surface area contributed by atoms with Gasteiger partial charge in [-0.05, 0) is 25.7 Å². The van der Waals surface area contributed by atoms with Crippen molar-refractivity contribution in [2.45, 2.75) is 64.1 Å². The molecule has 1 fully saturated rings. The number of nitrogens with zero attached hydrogens (tertiary/aromatic N) is 1. The third-order valence-electron chi connectivity index (χ3n) is 3.88. The van der Waals surface area contributed by atoms with Crippen molar-refractivity contribution in [3.8, 4) is 0 Å². The van der Waals surface area contributed by atoms with Crippen molar-refractivity contribution < 1.29 is 4.74 Å². The van der Waals surface area contributed by atoms with E-state index in [1.807, 2.05) is 7.11 Å². The molecule has 0 spiro atoms. The second-order valence-electron chi connectivity index (χ2n) is 4.86. The molecule has 1 aliphatic rings. The Morgan fingerprint density at radius 2 is 2.19 bits per heavy atom. The molecule has 16 heavy (non-hydrogen) atoms. The highest BCUT2D eigenvalue weighted by molar-refractivity contribution is 4.86. The summed E-state index contributed by atoms with van der Waals surface area (Å²) in [5, 5.41) is 0. The van der Waals surface area contributed by atoms with E-state index in [1.54, 1.807) is 0 Å². The molecule has 1 saturated heterocycles. The zero-order chi connectivity index (χ0) is 12.0. The fraction of sp³-hybridized carbons (Fsp3) is 1.00. The summed E-state index contributed by atoms with van der Waals surface area (Å²) in [5.74, 6) is 0. The lowest BCUT2D eigenvalue weighted by Gasteiger charge is -2.43. The number of piperidine rings is 1. The summed E-state index contributed by atoms with van der Waals surface area (Å²) in [7, 11) is 1.82. The lowest BCUT2D eigenvalue weighted by molar-refractivity contribution is -0.00653. The molecule has 3 atom stereocenters. The summed E-state index contributed by atoms with van der Waals surface area (Å²) < 4.78 is 5.46. The van der Waals surface area contributed by atoms with Gasteiger partial charge in [0, 0.05) is 32.3 Å². The predicted molar refractivity (Wildman–Crippen MR) is 68.6 cm³/mol. The van der Waals surface area contributed by atoms with E-state index >= 15 is 0 Å². The van der Waals surface area contributed by atoms with Crippen LogP contribution in [0.4, 0.5) is 0 Å². The number of hydrogen-bond donors (Lipinski definition) is 1. The number of likely N-dealkylation sites (tertiary alicyclic amines) is 1. The summed E-state index contributed by atoms with van der Waals surface area (Å²) in [6, 6.07) is 1.24. The van der Waals surface area contributed by atoms with Gasteiger partial charge in [-0.3, -0.25) is 4.90 Å². The van der Waals surface area contributed by atoms with Crippen molar-refractivity contribution in [2.75, 3.05) is 20.2 Å². The van der Waals surface area contributed by atoms with Crippen molar-refractivity contribution in [2.24, 2.45) is 5.73 Å². The molecule has 0 saturated carbocycles. The van der Waals surface area contributed by atoms with Crippen molar-refractivity contribution in [3.63, 3.8) is 0 Å². The van der Waals surface area contributed by atoms with E-state index in [0.29, 0.717) is 12.1 Å². The molecule has 0 aromatic rings. The van der Waals surface area contributed by atoms with Crippen molar-refractivity contribution in [1.82, 2.24) is 4.90 Å². The smallest absolute Gasteiger partial charge is 0.0599 e. The molecule has 0 aromatic heterocycles. The third-order valence-corrected chi connectivity index (χ3v) is 3.88. The van der Waals surface area contributed by atoms with E-state index in [2.05, 4.69) is 18.7 Å². The van der Waals surface area contributed by atoms with Crippen LogP contribution in [0.1, 0.15) is 46.0 Å². The van der Waals surface area contributed by atoms with Gasteiger partial charge in [0.15, 0.2) is 0 Å². The summed E-state index contributed by atoms with van der Waals surface area (Å²) in [6.45, 7) is 6.47. The van der Waals surface area contributed by atoms with E-state index in [-0.39, 0.29) is 0 Å². The van der Waals surface area contributed by atoms with Gasteiger partial charge in [-0.1, -0.05) is 20.3 Å². The van der Waals surface area contributed by atoms with Crippen LogP contribution in [-0.4, -0.2) is 43.3 Å². The molecule has 1 aliphatic heterocycles. The van der Waals surface area contributed by atoms with Gasteiger partial charge in [0.2, 0.25) is 0 Å². The lowest BCUT2D eigenvalue weighted by atomic mass is 9.95. The number of ether oxygens (including phenoxy) is 1. The fourth-order valence-corrected chi connectivity index (χ4v) is 2.90. The van der Waals surface area contributed by atoms with Gasteiger partial charge in [0.05, 0.1) is 6.10 Å². The molecule has 3 unspecified atom stereocenters. The summed E-state index contributed by atoms with van der Waals surface area (Å²) >= 11 is 0. The fourth-order valence-electron chi connectivity index (χ4n) is 2.90. The average Bonchev–Trinajstić information content (AvgIpc) is 2.35. The maximum absolute atomic E-state index is 5.90. The molecular formula is C13H28N2O. The Morgan fingerprint density at radius 1 is 1.44 bits per heavy atom. The molecule has 2 N–H and O–H groups in total. The maximum atomic E-state index is 5.90. The van der Waals surface area contributed by atoms with Crippen LogP contribution in [0.3, 0.4) is 0 Å². The van der Waals surface area contributed by atoms with E-state index < -0.39 is 0 Å². The molecular weight excluding hydrogens is 200 g/mol.